The second kappa shape index (κ2) is 26.5. The van der Waals surface area contributed by atoms with Crippen LogP contribution < -0.4 is 21.8 Å². The molecule has 6 rings (SSSR count). The molecule has 0 fully saturated rings. The highest BCUT2D eigenvalue weighted by molar-refractivity contribution is 5.85. The minimum atomic E-state index is -0.671. The van der Waals surface area contributed by atoms with Crippen LogP contribution in [-0.4, -0.2) is 65.6 Å². The van der Waals surface area contributed by atoms with Crippen molar-refractivity contribution in [2.45, 2.75) is 183 Å². The summed E-state index contributed by atoms with van der Waals surface area (Å²) in [5.41, 5.74) is 0.801. The molecule has 0 radical (unpaired) electrons. The minimum absolute atomic E-state index is 0.153. The van der Waals surface area contributed by atoms with Crippen LogP contribution in [0.15, 0.2) is 107 Å². The molecule has 6 aromatic rings. The Kier molecular flexibility index (Phi) is 20.7. The molecule has 416 valence electrons. The number of fused-ring (bicyclic) bond motifs is 2. The van der Waals surface area contributed by atoms with Gasteiger partial charge in [-0.2, -0.15) is 0 Å². The number of rotatable bonds is 15. The minimum Gasteiger partial charge on any atom is -0.460 e. The fourth-order valence-corrected chi connectivity index (χ4v) is 8.29. The number of carbonyl (C=O) groups excluding carboxylic acids is 4. The molecule has 78 heavy (non-hydrogen) atoms. The molecule has 2 atom stereocenters. The zero-order chi connectivity index (χ0) is 57.6. The Morgan fingerprint density at radius 3 is 1.40 bits per heavy atom. The second-order valence-electron chi connectivity index (χ2n) is 22.8. The van der Waals surface area contributed by atoms with Crippen molar-refractivity contribution in [3.05, 3.63) is 141 Å². The van der Waals surface area contributed by atoms with Gasteiger partial charge < -0.3 is 29.6 Å². The van der Waals surface area contributed by atoms with Crippen LogP contribution in [0.1, 0.15) is 177 Å². The number of hydrogen-bond donors (Lipinski definition) is 2. The fourth-order valence-electron chi connectivity index (χ4n) is 8.29. The monoisotopic (exact) mass is 1070 g/mol. The normalized spacial score (nSPS) is 12.5. The zero-order valence-corrected chi connectivity index (χ0v) is 47.9. The summed E-state index contributed by atoms with van der Waals surface area (Å²) in [7, 11) is 0. The second-order valence-corrected chi connectivity index (χ2v) is 22.8. The number of aryl methyl sites for hydroxylation is 1. The third-order valence-corrected chi connectivity index (χ3v) is 11.4. The van der Waals surface area contributed by atoms with Gasteiger partial charge in [0.1, 0.15) is 34.1 Å². The number of nitrogens with zero attached hydrogens (tertiary/aromatic N) is 4. The third kappa shape index (κ3) is 18.2. The number of aromatic nitrogens is 4. The van der Waals surface area contributed by atoms with Crippen LogP contribution in [0.3, 0.4) is 0 Å². The Labute approximate surface area is 458 Å². The van der Waals surface area contributed by atoms with Gasteiger partial charge in [-0.25, -0.2) is 19.6 Å². The number of hydrogen-bond acceptors (Lipinski definition) is 12. The molecule has 16 heteroatoms. The maximum absolute atomic E-state index is 14.1. The quantitative estimate of drug-likeness (QED) is 0.0427. The maximum Gasteiger partial charge on any atom is 0.408 e. The molecule has 2 aromatic heterocycles. The number of esters is 2. The first-order valence-corrected chi connectivity index (χ1v) is 26.7. The van der Waals surface area contributed by atoms with E-state index in [1.165, 1.54) is 4.57 Å². The van der Waals surface area contributed by atoms with Crippen molar-refractivity contribution in [2.75, 3.05) is 0 Å². The summed E-state index contributed by atoms with van der Waals surface area (Å²) >= 11 is 0. The zero-order valence-electron chi connectivity index (χ0n) is 47.9. The summed E-state index contributed by atoms with van der Waals surface area (Å²) in [6.45, 7) is 25.6. The molecule has 4 aromatic carbocycles. The molecular formula is C62H78N6O10. The summed E-state index contributed by atoms with van der Waals surface area (Å²) in [5.74, 6) is 6.32. The van der Waals surface area contributed by atoms with Crippen molar-refractivity contribution in [2.24, 2.45) is 0 Å². The summed E-state index contributed by atoms with van der Waals surface area (Å²) in [5, 5.41) is 6.67. The SMILES string of the molecule is CC[C@H](NC(=O)OC(C)(C)C)c1nc2cccc(C#CCCC(=O)OC(C)(C)C)c2c(=O)n1-c1ccccc1.CC[C@H](NC(=O)OC(C)(C)C)c1nc2cccc(CCCCC(=O)OC(C)(C)C)c2c(=O)n1-c1ccccc1. The van der Waals surface area contributed by atoms with Gasteiger partial charge in [-0.05, 0) is 163 Å². The highest BCUT2D eigenvalue weighted by atomic mass is 16.6. The van der Waals surface area contributed by atoms with Crippen molar-refractivity contribution < 1.29 is 38.1 Å². The topological polar surface area (TPSA) is 199 Å². The summed E-state index contributed by atoms with van der Waals surface area (Å²) in [4.78, 5) is 87.3. The Balaban J connectivity index is 0.000000287. The van der Waals surface area contributed by atoms with Crippen molar-refractivity contribution in [1.82, 2.24) is 29.7 Å². The number of para-hydroxylation sites is 2. The standard InChI is InChI=1S/C31H41N3O5.C31H37N3O5/c2*1-8-23(33-29(37)39-31(5,6)7)27-32-24-19-14-16-21(15-12-13-20-25(35)38-30(2,3)4)26(24)28(36)34(27)22-17-10-9-11-18-22/h9-11,14,16-19,23H,8,12-13,15,20H2,1-7H3,(H,33,37);9-11,14,16-19,23H,8,13,20H2,1-7H3,(H,33,37)/t2*23-/m00/s1. The molecule has 2 amide bonds. The predicted molar refractivity (Wildman–Crippen MR) is 305 cm³/mol. The van der Waals surface area contributed by atoms with Gasteiger partial charge in [0, 0.05) is 18.4 Å². The molecule has 0 aliphatic heterocycles. The van der Waals surface area contributed by atoms with Crippen molar-refractivity contribution >= 4 is 45.9 Å². The fraction of sp³-hybridized carbons (Fsp3) is 0.452. The average Bonchev–Trinajstić information content (AvgIpc) is 3.53. The van der Waals surface area contributed by atoms with Gasteiger partial charge in [-0.3, -0.25) is 28.3 Å². The van der Waals surface area contributed by atoms with Gasteiger partial charge >= 0.3 is 24.1 Å². The van der Waals surface area contributed by atoms with Gasteiger partial charge in [-0.1, -0.05) is 80.3 Å². The lowest BCUT2D eigenvalue weighted by atomic mass is 10.0. The van der Waals surface area contributed by atoms with E-state index in [1.54, 1.807) is 64.3 Å². The van der Waals surface area contributed by atoms with Crippen LogP contribution in [0.5, 0.6) is 0 Å². The number of carbonyl (C=O) groups is 4. The average molecular weight is 1070 g/mol. The largest absolute Gasteiger partial charge is 0.460 e. The van der Waals surface area contributed by atoms with Gasteiger partial charge in [0.15, 0.2) is 0 Å². The molecule has 0 spiro atoms. The third-order valence-electron chi connectivity index (χ3n) is 11.4. The lowest BCUT2D eigenvalue weighted by Crippen LogP contribution is -2.37. The number of benzene rings is 4. The highest BCUT2D eigenvalue weighted by Gasteiger charge is 2.28. The number of unbranched alkanes of at least 4 members (excludes halogenated alkanes) is 1. The Morgan fingerprint density at radius 1 is 0.526 bits per heavy atom. The van der Waals surface area contributed by atoms with Crippen LogP contribution in [0, 0.1) is 11.8 Å². The first-order valence-electron chi connectivity index (χ1n) is 26.7. The Hall–Kier alpha value is -7.80. The molecule has 2 heterocycles. The van der Waals surface area contributed by atoms with Crippen molar-refractivity contribution in [1.29, 1.82) is 0 Å². The van der Waals surface area contributed by atoms with E-state index in [2.05, 4.69) is 22.5 Å². The van der Waals surface area contributed by atoms with Crippen LogP contribution in [0.4, 0.5) is 9.59 Å². The maximum atomic E-state index is 14.1. The molecule has 0 aliphatic carbocycles. The van der Waals surface area contributed by atoms with Crippen LogP contribution >= 0.6 is 0 Å². The predicted octanol–water partition coefficient (Wildman–Crippen LogP) is 12.3. The van der Waals surface area contributed by atoms with E-state index in [0.29, 0.717) is 88.9 Å². The van der Waals surface area contributed by atoms with Crippen LogP contribution in [0.25, 0.3) is 33.2 Å². The van der Waals surface area contributed by atoms with E-state index < -0.39 is 46.7 Å². The van der Waals surface area contributed by atoms with E-state index in [9.17, 15) is 28.8 Å². The molecule has 16 nitrogen and oxygen atoms in total. The number of alkyl carbamates (subject to hydrolysis) is 2. The van der Waals surface area contributed by atoms with Gasteiger partial charge in [0.05, 0.1) is 51.7 Å². The van der Waals surface area contributed by atoms with E-state index >= 15 is 0 Å². The lowest BCUT2D eigenvalue weighted by molar-refractivity contribution is -0.155. The number of amides is 2. The molecule has 0 saturated heterocycles. The smallest absolute Gasteiger partial charge is 0.408 e. The molecule has 0 saturated carbocycles. The molecule has 0 aliphatic rings. The lowest BCUT2D eigenvalue weighted by Gasteiger charge is -2.25. The molecule has 0 bridgehead atoms. The van der Waals surface area contributed by atoms with Crippen LogP contribution in [0.2, 0.25) is 0 Å². The van der Waals surface area contributed by atoms with Crippen LogP contribution in [-0.2, 0) is 35.0 Å². The first kappa shape index (κ1) is 61.1. The summed E-state index contributed by atoms with van der Waals surface area (Å²) < 4.78 is 24.8. The molecule has 2 N–H and O–H groups in total. The van der Waals surface area contributed by atoms with Gasteiger partial charge in [0.2, 0.25) is 0 Å². The Morgan fingerprint density at radius 2 is 0.949 bits per heavy atom. The van der Waals surface area contributed by atoms with E-state index in [4.69, 9.17) is 28.9 Å². The highest BCUT2D eigenvalue weighted by Crippen LogP contribution is 2.26. The first-order chi connectivity index (χ1) is 36.6. The van der Waals surface area contributed by atoms with Crippen molar-refractivity contribution in [3.63, 3.8) is 0 Å². The Bertz CT molecular complexity index is 3240. The van der Waals surface area contributed by atoms with E-state index in [0.717, 1.165) is 12.0 Å². The van der Waals surface area contributed by atoms with Crippen molar-refractivity contribution in [3.8, 4) is 23.2 Å². The summed E-state index contributed by atoms with van der Waals surface area (Å²) in [6, 6.07) is 28.3. The van der Waals surface area contributed by atoms with E-state index in [1.807, 2.05) is 134 Å². The van der Waals surface area contributed by atoms with Gasteiger partial charge in [0.25, 0.3) is 11.1 Å². The van der Waals surface area contributed by atoms with E-state index in [-0.39, 0.29) is 29.5 Å². The molecule has 0 unspecified atom stereocenters. The number of ether oxygens (including phenoxy) is 4. The summed E-state index contributed by atoms with van der Waals surface area (Å²) in [6.07, 6.45) is 2.61. The molecular weight excluding hydrogens is 989 g/mol. The number of nitrogens with one attached hydrogen (secondary N) is 2. The van der Waals surface area contributed by atoms with Gasteiger partial charge in [-0.15, -0.1) is 0 Å².